The van der Waals surface area contributed by atoms with Crippen LogP contribution in [0.15, 0.2) is 42.9 Å². The van der Waals surface area contributed by atoms with Gasteiger partial charge in [0.1, 0.15) is 0 Å². The van der Waals surface area contributed by atoms with Crippen molar-refractivity contribution in [2.75, 3.05) is 0 Å². The Bertz CT molecular complexity index is 548. The van der Waals surface area contributed by atoms with E-state index < -0.39 is 0 Å². The molecule has 0 fully saturated rings. The molecule has 0 aromatic carbocycles. The summed E-state index contributed by atoms with van der Waals surface area (Å²) in [5, 5.41) is 3.09. The molecule has 2 heterocycles. The van der Waals surface area contributed by atoms with Crippen molar-refractivity contribution in [3.63, 3.8) is 0 Å². The standard InChI is InChI=1S/C16H21N3O/c1-3-15(13-8-10-17-11-9-13)18-16(20)7-6-14-5-4-12-19(14)2/h4-5,8-12,15H,3,6-7H2,1-2H3,(H,18,20)/t15-/m0/s1. The van der Waals surface area contributed by atoms with Crippen LogP contribution in [-0.4, -0.2) is 15.5 Å². The lowest BCUT2D eigenvalue weighted by molar-refractivity contribution is -0.121. The summed E-state index contributed by atoms with van der Waals surface area (Å²) in [7, 11) is 2.00. The minimum Gasteiger partial charge on any atom is -0.354 e. The molecule has 1 amide bonds. The Hall–Kier alpha value is -2.10. The van der Waals surface area contributed by atoms with Crippen LogP contribution in [0.25, 0.3) is 0 Å². The lowest BCUT2D eigenvalue weighted by Crippen LogP contribution is -2.28. The quantitative estimate of drug-likeness (QED) is 0.878. The fourth-order valence-electron chi connectivity index (χ4n) is 2.28. The number of carbonyl (C=O) groups is 1. The Labute approximate surface area is 119 Å². The van der Waals surface area contributed by atoms with E-state index in [0.29, 0.717) is 6.42 Å². The predicted molar refractivity (Wildman–Crippen MR) is 79.1 cm³/mol. The van der Waals surface area contributed by atoms with E-state index >= 15 is 0 Å². The van der Waals surface area contributed by atoms with Crippen molar-refractivity contribution in [2.24, 2.45) is 7.05 Å². The van der Waals surface area contributed by atoms with Crippen molar-refractivity contribution in [1.29, 1.82) is 0 Å². The van der Waals surface area contributed by atoms with Gasteiger partial charge in [0.2, 0.25) is 5.91 Å². The van der Waals surface area contributed by atoms with Gasteiger partial charge in [-0.3, -0.25) is 9.78 Å². The van der Waals surface area contributed by atoms with Crippen LogP contribution in [0.1, 0.15) is 37.1 Å². The van der Waals surface area contributed by atoms with Crippen LogP contribution in [0.5, 0.6) is 0 Å². The number of carbonyl (C=O) groups excluding carboxylic acids is 1. The summed E-state index contributed by atoms with van der Waals surface area (Å²) in [6, 6.07) is 8.02. The van der Waals surface area contributed by atoms with Crippen molar-refractivity contribution in [2.45, 2.75) is 32.2 Å². The molecule has 0 radical (unpaired) electrons. The van der Waals surface area contributed by atoms with Crippen molar-refractivity contribution >= 4 is 5.91 Å². The fourth-order valence-corrected chi connectivity index (χ4v) is 2.28. The highest BCUT2D eigenvalue weighted by Gasteiger charge is 2.12. The maximum atomic E-state index is 12.1. The molecular formula is C16H21N3O. The van der Waals surface area contributed by atoms with Crippen molar-refractivity contribution in [3.05, 3.63) is 54.1 Å². The molecule has 1 atom stereocenters. The SMILES string of the molecule is CC[C@H](NC(=O)CCc1cccn1C)c1ccncc1. The van der Waals surface area contributed by atoms with Crippen LogP contribution in [0, 0.1) is 0 Å². The third-order valence-electron chi connectivity index (χ3n) is 3.51. The summed E-state index contributed by atoms with van der Waals surface area (Å²) in [5.41, 5.74) is 2.28. The zero-order valence-electron chi connectivity index (χ0n) is 12.0. The van der Waals surface area contributed by atoms with E-state index in [9.17, 15) is 4.79 Å². The number of hydrogen-bond donors (Lipinski definition) is 1. The molecule has 1 N–H and O–H groups in total. The highest BCUT2D eigenvalue weighted by Crippen LogP contribution is 2.15. The summed E-state index contributed by atoms with van der Waals surface area (Å²) < 4.78 is 2.05. The van der Waals surface area contributed by atoms with E-state index in [4.69, 9.17) is 0 Å². The third kappa shape index (κ3) is 3.70. The van der Waals surface area contributed by atoms with E-state index in [1.54, 1.807) is 12.4 Å². The van der Waals surface area contributed by atoms with Gasteiger partial charge in [-0.2, -0.15) is 0 Å². The second-order valence-electron chi connectivity index (χ2n) is 4.92. The number of rotatable bonds is 6. The maximum absolute atomic E-state index is 12.1. The van der Waals surface area contributed by atoms with E-state index in [2.05, 4.69) is 17.2 Å². The first-order chi connectivity index (χ1) is 9.70. The largest absolute Gasteiger partial charge is 0.354 e. The molecule has 0 aliphatic rings. The molecule has 4 heteroatoms. The first-order valence-electron chi connectivity index (χ1n) is 7.00. The van der Waals surface area contributed by atoms with Crippen molar-refractivity contribution in [1.82, 2.24) is 14.9 Å². The number of nitrogens with one attached hydrogen (secondary N) is 1. The van der Waals surface area contributed by atoms with E-state index in [-0.39, 0.29) is 11.9 Å². The molecule has 0 saturated heterocycles. The van der Waals surface area contributed by atoms with E-state index in [1.165, 1.54) is 5.69 Å². The monoisotopic (exact) mass is 271 g/mol. The second kappa shape index (κ2) is 6.89. The van der Waals surface area contributed by atoms with Gasteiger partial charge >= 0.3 is 0 Å². The first-order valence-corrected chi connectivity index (χ1v) is 7.00. The number of hydrogen-bond acceptors (Lipinski definition) is 2. The van der Waals surface area contributed by atoms with Crippen LogP contribution in [0.3, 0.4) is 0 Å². The molecule has 20 heavy (non-hydrogen) atoms. The molecule has 4 nitrogen and oxygen atoms in total. The molecule has 0 aliphatic carbocycles. The molecule has 0 unspecified atom stereocenters. The molecule has 0 saturated carbocycles. The van der Waals surface area contributed by atoms with Crippen LogP contribution >= 0.6 is 0 Å². The minimum atomic E-state index is 0.0684. The summed E-state index contributed by atoms with van der Waals surface area (Å²) in [6.07, 6.45) is 7.67. The van der Waals surface area contributed by atoms with Crippen LogP contribution < -0.4 is 5.32 Å². The normalized spacial score (nSPS) is 12.1. The van der Waals surface area contributed by atoms with Gasteiger partial charge in [0, 0.05) is 37.8 Å². The number of aryl methyl sites for hydroxylation is 2. The number of nitrogens with zero attached hydrogens (tertiary/aromatic N) is 2. The molecule has 2 aromatic heterocycles. The maximum Gasteiger partial charge on any atom is 0.220 e. The summed E-state index contributed by atoms with van der Waals surface area (Å²) in [4.78, 5) is 16.1. The van der Waals surface area contributed by atoms with Gasteiger partial charge in [0.25, 0.3) is 0 Å². The van der Waals surface area contributed by atoms with Gasteiger partial charge < -0.3 is 9.88 Å². The Morgan fingerprint density at radius 3 is 2.70 bits per heavy atom. The fraction of sp³-hybridized carbons (Fsp3) is 0.375. The average molecular weight is 271 g/mol. The average Bonchev–Trinajstić information content (AvgIpc) is 2.89. The van der Waals surface area contributed by atoms with Gasteiger partial charge in [-0.05, 0) is 42.7 Å². The minimum absolute atomic E-state index is 0.0684. The number of aromatic nitrogens is 2. The lowest BCUT2D eigenvalue weighted by Gasteiger charge is -2.17. The van der Waals surface area contributed by atoms with Gasteiger partial charge in [0.05, 0.1) is 6.04 Å². The Kier molecular flexibility index (Phi) is 4.93. The van der Waals surface area contributed by atoms with Crippen LogP contribution in [-0.2, 0) is 18.3 Å². The van der Waals surface area contributed by atoms with Gasteiger partial charge in [-0.25, -0.2) is 0 Å². The highest BCUT2D eigenvalue weighted by atomic mass is 16.1. The molecule has 2 aromatic rings. The predicted octanol–water partition coefficient (Wildman–Crippen LogP) is 2.62. The third-order valence-corrected chi connectivity index (χ3v) is 3.51. The summed E-state index contributed by atoms with van der Waals surface area (Å²) in [5.74, 6) is 0.0925. The summed E-state index contributed by atoms with van der Waals surface area (Å²) >= 11 is 0. The molecular weight excluding hydrogens is 250 g/mol. The second-order valence-corrected chi connectivity index (χ2v) is 4.92. The Morgan fingerprint density at radius 2 is 2.10 bits per heavy atom. The molecule has 106 valence electrons. The molecule has 0 aliphatic heterocycles. The molecule has 0 bridgehead atoms. The van der Waals surface area contributed by atoms with E-state index in [0.717, 1.165) is 18.4 Å². The topological polar surface area (TPSA) is 46.9 Å². The Morgan fingerprint density at radius 1 is 1.35 bits per heavy atom. The lowest BCUT2D eigenvalue weighted by atomic mass is 10.1. The van der Waals surface area contributed by atoms with E-state index in [1.807, 2.05) is 42.1 Å². The number of amides is 1. The van der Waals surface area contributed by atoms with Gasteiger partial charge in [0.15, 0.2) is 0 Å². The number of pyridine rings is 1. The van der Waals surface area contributed by atoms with Crippen molar-refractivity contribution in [3.8, 4) is 0 Å². The molecule has 2 rings (SSSR count). The van der Waals surface area contributed by atoms with Crippen molar-refractivity contribution < 1.29 is 4.79 Å². The van der Waals surface area contributed by atoms with Gasteiger partial charge in [-0.15, -0.1) is 0 Å². The first kappa shape index (κ1) is 14.3. The van der Waals surface area contributed by atoms with Crippen LogP contribution in [0.2, 0.25) is 0 Å². The highest BCUT2D eigenvalue weighted by molar-refractivity contribution is 5.76. The molecule has 0 spiro atoms. The smallest absolute Gasteiger partial charge is 0.220 e. The zero-order valence-corrected chi connectivity index (χ0v) is 12.0. The Balaban J connectivity index is 1.88. The zero-order chi connectivity index (χ0) is 14.4. The van der Waals surface area contributed by atoms with Crippen LogP contribution in [0.4, 0.5) is 0 Å². The summed E-state index contributed by atoms with van der Waals surface area (Å²) in [6.45, 7) is 2.07. The van der Waals surface area contributed by atoms with Gasteiger partial charge in [-0.1, -0.05) is 6.92 Å².